The zero-order chi connectivity index (χ0) is 32.5. The number of aliphatic carboxylic acids is 1. The molecule has 3 aromatic carbocycles. The lowest BCUT2D eigenvalue weighted by atomic mass is 9.72. The van der Waals surface area contributed by atoms with Crippen molar-refractivity contribution in [2.45, 2.75) is 80.0 Å². The third-order valence-electron chi connectivity index (χ3n) is 8.23. The summed E-state index contributed by atoms with van der Waals surface area (Å²) in [6.07, 6.45) is 12.8. The number of carbonyl (C=O) groups is 1. The first-order valence-electron chi connectivity index (χ1n) is 15.0. The van der Waals surface area contributed by atoms with Crippen LogP contribution >= 0.6 is 12.0 Å². The second-order valence-electron chi connectivity index (χ2n) is 11.3. The predicted octanol–water partition coefficient (Wildman–Crippen LogP) is 7.98. The van der Waals surface area contributed by atoms with Gasteiger partial charge < -0.3 is 15.3 Å². The van der Waals surface area contributed by atoms with Crippen LogP contribution in [0.25, 0.3) is 10.8 Å². The van der Waals surface area contributed by atoms with Crippen LogP contribution in [0.4, 0.5) is 11.4 Å². The van der Waals surface area contributed by atoms with Crippen LogP contribution in [0.3, 0.4) is 0 Å². The van der Waals surface area contributed by atoms with E-state index in [4.69, 9.17) is 14.7 Å². The lowest BCUT2D eigenvalue weighted by molar-refractivity contribution is -0.432. The highest BCUT2D eigenvalue weighted by Crippen LogP contribution is 2.53. The molecule has 3 aromatic rings. The van der Waals surface area contributed by atoms with Crippen LogP contribution in [0, 0.1) is 0 Å². The van der Waals surface area contributed by atoms with Crippen molar-refractivity contribution in [1.82, 2.24) is 0 Å². The quantitative estimate of drug-likeness (QED) is 0.0280. The Hall–Kier alpha value is -3.39. The molecule has 0 radical (unpaired) electrons. The maximum atomic E-state index is 12.4. The molecule has 45 heavy (non-hydrogen) atoms. The average molecular weight is 657 g/mol. The van der Waals surface area contributed by atoms with Crippen molar-refractivity contribution in [3.63, 3.8) is 0 Å². The van der Waals surface area contributed by atoms with Crippen molar-refractivity contribution in [3.05, 3.63) is 84.6 Å². The fourth-order valence-electron chi connectivity index (χ4n) is 6.14. The summed E-state index contributed by atoms with van der Waals surface area (Å²) < 4.78 is 39.5. The average Bonchev–Trinajstić information content (AvgIpc) is 3.25. The molecule has 242 valence electrons. The number of carboxylic acid groups (broad SMARTS) is 1. The van der Waals surface area contributed by atoms with E-state index in [1.807, 2.05) is 60.8 Å². The van der Waals surface area contributed by atoms with E-state index in [1.54, 1.807) is 0 Å². The zero-order valence-corrected chi connectivity index (χ0v) is 27.0. The zero-order valence-electron chi connectivity index (χ0n) is 25.4. The maximum Gasteiger partial charge on any atom is 0.303 e. The van der Waals surface area contributed by atoms with E-state index in [-0.39, 0.29) is 17.4 Å². The minimum atomic E-state index is -4.59. The van der Waals surface area contributed by atoms with Gasteiger partial charge in [0, 0.05) is 40.9 Å². The Morgan fingerprint density at radius 2 is 1.84 bits per heavy atom. The summed E-state index contributed by atoms with van der Waals surface area (Å²) in [5.41, 5.74) is 2.36. The Kier molecular flexibility index (Phi) is 12.1. The van der Waals surface area contributed by atoms with Crippen LogP contribution < -0.4 is 10.2 Å². The number of rotatable bonds is 17. The van der Waals surface area contributed by atoms with Crippen molar-refractivity contribution in [3.8, 4) is 0 Å². The van der Waals surface area contributed by atoms with Gasteiger partial charge in [-0.25, -0.2) is 5.26 Å². The molecule has 1 heterocycles. The summed E-state index contributed by atoms with van der Waals surface area (Å²) in [6.45, 7) is 5.06. The molecule has 0 saturated carbocycles. The lowest BCUT2D eigenvalue weighted by Gasteiger charge is -2.35. The van der Waals surface area contributed by atoms with Crippen LogP contribution in [0.15, 0.2) is 88.8 Å². The van der Waals surface area contributed by atoms with E-state index in [2.05, 4.69) is 35.2 Å². The number of nitrogens with one attached hydrogen (secondary N) is 1. The fraction of sp³-hybridized carbons (Fsp3) is 0.364. The Labute approximate surface area is 268 Å². The molecule has 0 spiro atoms. The Morgan fingerprint density at radius 3 is 2.53 bits per heavy atom. The summed E-state index contributed by atoms with van der Waals surface area (Å²) >= 11 is 0.639. The maximum absolute atomic E-state index is 12.4. The fourth-order valence-corrected chi connectivity index (χ4v) is 7.30. The molecule has 0 fully saturated rings. The largest absolute Gasteiger partial charge is 0.481 e. The standard InChI is InChI=1S/C33H40N2O8S2/c1-3-4-21-35-28-18-17-26-27(22-25(45(39,40)41)23-29(26)44-43-42-38)32(28)33(2,19-11-6-9-16-31(36)37)30(35)15-10-12-20-34-24-13-7-5-8-14-24/h5,7-8,10,12-15,17-18,20,22-23,30,34,38H,3-4,6,9,11,16,19,21H2,1-2H3,(H,36,37)(H,39,40,41)/b15-10+,20-12+. The second-order valence-corrected chi connectivity index (χ2v) is 13.5. The van der Waals surface area contributed by atoms with Crippen molar-refractivity contribution < 1.29 is 37.5 Å². The number of hydrogen-bond acceptors (Lipinski definition) is 9. The molecule has 10 nitrogen and oxygen atoms in total. The summed E-state index contributed by atoms with van der Waals surface area (Å²) in [5.74, 6) is -0.822. The number of para-hydroxylation sites is 1. The van der Waals surface area contributed by atoms with Gasteiger partial charge in [-0.2, -0.15) is 8.42 Å². The van der Waals surface area contributed by atoms with E-state index < -0.39 is 21.5 Å². The molecule has 1 aliphatic rings. The first-order chi connectivity index (χ1) is 21.6. The third-order valence-corrected chi connectivity index (χ3v) is 9.71. The number of fused-ring (bicyclic) bond motifs is 3. The highest BCUT2D eigenvalue weighted by molar-refractivity contribution is 7.94. The number of nitrogens with zero attached hydrogens (tertiary/aromatic N) is 1. The summed E-state index contributed by atoms with van der Waals surface area (Å²) in [4.78, 5) is 13.5. The minimum absolute atomic E-state index is 0.104. The number of unbranched alkanes of at least 4 members (excludes halogenated alkanes) is 3. The molecule has 0 aliphatic carbocycles. The summed E-state index contributed by atoms with van der Waals surface area (Å²) in [5, 5.41) is 26.3. The SMILES string of the molecule is CCCCN1c2ccc3c(SOOO)cc(S(=O)(=O)O)cc3c2C(C)(CCCCCC(=O)O)C1/C=C/C=C/Nc1ccccc1. The van der Waals surface area contributed by atoms with E-state index in [0.717, 1.165) is 49.2 Å². The van der Waals surface area contributed by atoms with Gasteiger partial charge in [-0.1, -0.05) is 74.6 Å². The number of benzene rings is 3. The molecule has 2 atom stereocenters. The Bertz CT molecular complexity index is 1630. The first kappa shape index (κ1) is 34.5. The molecule has 12 heteroatoms. The monoisotopic (exact) mass is 656 g/mol. The minimum Gasteiger partial charge on any atom is -0.481 e. The topological polar surface area (TPSA) is 146 Å². The number of allylic oxidation sites excluding steroid dienone is 2. The molecule has 0 bridgehead atoms. The summed E-state index contributed by atoms with van der Waals surface area (Å²) in [6, 6.07) is 16.4. The molecule has 2 unspecified atom stereocenters. The Morgan fingerprint density at radius 1 is 1.07 bits per heavy atom. The van der Waals surface area contributed by atoms with Crippen LogP contribution in [0.5, 0.6) is 0 Å². The predicted molar refractivity (Wildman–Crippen MR) is 177 cm³/mol. The van der Waals surface area contributed by atoms with Gasteiger partial charge in [-0.05, 0) is 72.0 Å². The van der Waals surface area contributed by atoms with Crippen molar-refractivity contribution >= 4 is 50.3 Å². The molecule has 0 amide bonds. The Balaban J connectivity index is 1.83. The lowest BCUT2D eigenvalue weighted by Crippen LogP contribution is -2.42. The van der Waals surface area contributed by atoms with Gasteiger partial charge in [0.2, 0.25) is 0 Å². The van der Waals surface area contributed by atoms with Gasteiger partial charge in [0.25, 0.3) is 10.1 Å². The van der Waals surface area contributed by atoms with Crippen LogP contribution in [0.2, 0.25) is 0 Å². The molecule has 1 aliphatic heterocycles. The van der Waals surface area contributed by atoms with Crippen LogP contribution in [0.1, 0.15) is 64.4 Å². The first-order valence-corrected chi connectivity index (χ1v) is 17.1. The molecular weight excluding hydrogens is 617 g/mol. The molecule has 4 rings (SSSR count). The van der Waals surface area contributed by atoms with E-state index in [1.165, 1.54) is 12.1 Å². The highest BCUT2D eigenvalue weighted by Gasteiger charge is 2.47. The molecule has 0 aromatic heterocycles. The smallest absolute Gasteiger partial charge is 0.303 e. The van der Waals surface area contributed by atoms with Crippen LogP contribution in [-0.2, 0) is 29.7 Å². The van der Waals surface area contributed by atoms with E-state index in [0.29, 0.717) is 40.6 Å². The van der Waals surface area contributed by atoms with Gasteiger partial charge in [0.1, 0.15) is 0 Å². The van der Waals surface area contributed by atoms with Crippen LogP contribution in [-0.4, -0.2) is 41.9 Å². The molecular formula is C33H40N2O8S2. The number of anilines is 2. The van der Waals surface area contributed by atoms with E-state index >= 15 is 0 Å². The van der Waals surface area contributed by atoms with Gasteiger partial charge in [-0.3, -0.25) is 9.35 Å². The number of hydrogen-bond donors (Lipinski definition) is 4. The van der Waals surface area contributed by atoms with Gasteiger partial charge in [0.05, 0.1) is 23.0 Å². The molecule has 0 saturated heterocycles. The normalized spacial score (nSPS) is 18.3. The van der Waals surface area contributed by atoms with Gasteiger partial charge in [0.15, 0.2) is 0 Å². The van der Waals surface area contributed by atoms with Crippen molar-refractivity contribution in [2.75, 3.05) is 16.8 Å². The van der Waals surface area contributed by atoms with E-state index in [9.17, 15) is 17.8 Å². The van der Waals surface area contributed by atoms with Gasteiger partial charge in [-0.15, -0.1) is 4.33 Å². The third kappa shape index (κ3) is 8.46. The van der Waals surface area contributed by atoms with Crippen molar-refractivity contribution in [2.24, 2.45) is 0 Å². The highest BCUT2D eigenvalue weighted by atomic mass is 32.2. The van der Waals surface area contributed by atoms with Crippen molar-refractivity contribution in [1.29, 1.82) is 0 Å². The summed E-state index contributed by atoms with van der Waals surface area (Å²) in [7, 11) is -4.59. The second kappa shape index (κ2) is 15.7. The van der Waals surface area contributed by atoms with Gasteiger partial charge >= 0.3 is 5.97 Å². The number of carboxylic acids is 1. The molecule has 4 N–H and O–H groups in total.